The molecule has 3 N–H and O–H groups in total. The number of carbonyl (C=O) groups excluding carboxylic acids is 1. The van der Waals surface area contributed by atoms with Crippen LogP contribution in [-0.2, 0) is 0 Å². The zero-order valence-corrected chi connectivity index (χ0v) is 11.1. The molecule has 0 unspecified atom stereocenters. The third-order valence-corrected chi connectivity index (χ3v) is 3.67. The average Bonchev–Trinajstić information content (AvgIpc) is 2.89. The van der Waals surface area contributed by atoms with Crippen LogP contribution >= 0.6 is 12.2 Å². The summed E-state index contributed by atoms with van der Waals surface area (Å²) in [5.74, 6) is 0.604. The number of nitrogens with two attached hydrogens (primary N) is 1. The summed E-state index contributed by atoms with van der Waals surface area (Å²) in [6, 6.07) is 7.15. The largest absolute Gasteiger partial charge is 0.389 e. The smallest absolute Gasteiger partial charge is 0.251 e. The van der Waals surface area contributed by atoms with E-state index in [0.717, 1.165) is 12.1 Å². The number of amides is 1. The highest BCUT2D eigenvalue weighted by atomic mass is 32.1. The molecule has 0 spiro atoms. The molecular weight excluding hydrogens is 244 g/mol. The van der Waals surface area contributed by atoms with E-state index in [4.69, 9.17) is 18.0 Å². The van der Waals surface area contributed by atoms with Crippen LogP contribution in [0.3, 0.4) is 0 Å². The molecule has 2 rings (SSSR count). The van der Waals surface area contributed by atoms with Crippen molar-refractivity contribution < 1.29 is 4.79 Å². The monoisotopic (exact) mass is 262 g/mol. The van der Waals surface area contributed by atoms with Crippen molar-refractivity contribution in [1.82, 2.24) is 5.32 Å². The third kappa shape index (κ3) is 3.29. The molecule has 0 saturated heterocycles. The van der Waals surface area contributed by atoms with Crippen molar-refractivity contribution in [2.75, 3.05) is 6.54 Å². The van der Waals surface area contributed by atoms with Gasteiger partial charge >= 0.3 is 0 Å². The molecule has 0 radical (unpaired) electrons. The Hall–Kier alpha value is -1.42. The molecule has 3 nitrogen and oxygen atoms in total. The highest BCUT2D eigenvalue weighted by molar-refractivity contribution is 7.80. The van der Waals surface area contributed by atoms with E-state index in [1.807, 2.05) is 6.07 Å². The summed E-state index contributed by atoms with van der Waals surface area (Å²) in [5.41, 5.74) is 6.91. The fourth-order valence-corrected chi connectivity index (χ4v) is 2.49. The van der Waals surface area contributed by atoms with E-state index < -0.39 is 0 Å². The van der Waals surface area contributed by atoms with Crippen LogP contribution in [0.2, 0.25) is 0 Å². The number of thiocarbonyl (C=S) groups is 1. The van der Waals surface area contributed by atoms with Gasteiger partial charge in [-0.3, -0.25) is 4.79 Å². The maximum absolute atomic E-state index is 12.0. The fourth-order valence-electron chi connectivity index (χ4n) is 2.37. The van der Waals surface area contributed by atoms with Gasteiger partial charge in [-0.15, -0.1) is 0 Å². The second kappa shape index (κ2) is 5.96. The number of benzene rings is 1. The maximum atomic E-state index is 12.0. The number of rotatable bonds is 4. The number of hydrogen-bond acceptors (Lipinski definition) is 2. The van der Waals surface area contributed by atoms with Crippen LogP contribution in [0, 0.1) is 5.92 Å². The van der Waals surface area contributed by atoms with Gasteiger partial charge in [-0.2, -0.15) is 0 Å². The van der Waals surface area contributed by atoms with Crippen LogP contribution in [0.25, 0.3) is 0 Å². The van der Waals surface area contributed by atoms with E-state index in [2.05, 4.69) is 5.32 Å². The van der Waals surface area contributed by atoms with E-state index in [0.29, 0.717) is 16.5 Å². The van der Waals surface area contributed by atoms with Gasteiger partial charge in [-0.05, 0) is 30.9 Å². The first-order valence-electron chi connectivity index (χ1n) is 6.35. The summed E-state index contributed by atoms with van der Waals surface area (Å²) < 4.78 is 0. The molecule has 0 aromatic heterocycles. The van der Waals surface area contributed by atoms with Gasteiger partial charge in [0.05, 0.1) is 0 Å². The molecule has 96 valence electrons. The topological polar surface area (TPSA) is 55.1 Å². The molecule has 0 aliphatic heterocycles. The van der Waals surface area contributed by atoms with Gasteiger partial charge < -0.3 is 11.1 Å². The van der Waals surface area contributed by atoms with Crippen LogP contribution in [0.1, 0.15) is 41.6 Å². The minimum Gasteiger partial charge on any atom is -0.389 e. The maximum Gasteiger partial charge on any atom is 0.251 e. The fraction of sp³-hybridized carbons (Fsp3) is 0.429. The number of nitrogens with one attached hydrogen (secondary N) is 1. The standard InChI is InChI=1S/C14H18N2OS/c15-13(18)11-6-3-7-12(8-11)14(17)16-9-10-4-1-2-5-10/h3,6-8,10H,1-2,4-5,9H2,(H2,15,18)(H,16,17). The molecule has 1 fully saturated rings. The molecule has 1 aromatic rings. The van der Waals surface area contributed by atoms with E-state index in [1.54, 1.807) is 18.2 Å². The van der Waals surface area contributed by atoms with E-state index in [1.165, 1.54) is 25.7 Å². The summed E-state index contributed by atoms with van der Waals surface area (Å²) in [6.45, 7) is 0.774. The Morgan fingerprint density at radius 3 is 2.67 bits per heavy atom. The average molecular weight is 262 g/mol. The van der Waals surface area contributed by atoms with Crippen molar-refractivity contribution in [2.24, 2.45) is 11.7 Å². The molecule has 0 bridgehead atoms. The van der Waals surface area contributed by atoms with Crippen LogP contribution < -0.4 is 11.1 Å². The van der Waals surface area contributed by atoms with Gasteiger partial charge in [0.1, 0.15) is 4.99 Å². The molecule has 1 aromatic carbocycles. The second-order valence-corrected chi connectivity index (χ2v) is 5.25. The number of hydrogen-bond donors (Lipinski definition) is 2. The SMILES string of the molecule is NC(=S)c1cccc(C(=O)NCC2CCCC2)c1. The Morgan fingerprint density at radius 2 is 2.00 bits per heavy atom. The third-order valence-electron chi connectivity index (χ3n) is 3.44. The van der Waals surface area contributed by atoms with Crippen LogP contribution in [0.15, 0.2) is 24.3 Å². The zero-order chi connectivity index (χ0) is 13.0. The second-order valence-electron chi connectivity index (χ2n) is 4.81. The van der Waals surface area contributed by atoms with Crippen molar-refractivity contribution in [3.8, 4) is 0 Å². The summed E-state index contributed by atoms with van der Waals surface area (Å²) >= 11 is 4.91. The quantitative estimate of drug-likeness (QED) is 0.818. The molecule has 18 heavy (non-hydrogen) atoms. The summed E-state index contributed by atoms with van der Waals surface area (Å²) in [6.07, 6.45) is 5.04. The Bertz CT molecular complexity index is 453. The minimum absolute atomic E-state index is 0.0417. The first-order valence-corrected chi connectivity index (χ1v) is 6.75. The van der Waals surface area contributed by atoms with Crippen molar-refractivity contribution in [2.45, 2.75) is 25.7 Å². The molecule has 0 atom stereocenters. The molecular formula is C14H18N2OS. The minimum atomic E-state index is -0.0417. The van der Waals surface area contributed by atoms with Crippen molar-refractivity contribution in [1.29, 1.82) is 0 Å². The lowest BCUT2D eigenvalue weighted by Gasteiger charge is -2.11. The molecule has 1 aliphatic carbocycles. The lowest BCUT2D eigenvalue weighted by atomic mass is 10.1. The van der Waals surface area contributed by atoms with Gasteiger partial charge in [-0.1, -0.05) is 37.2 Å². The Morgan fingerprint density at radius 1 is 1.33 bits per heavy atom. The van der Waals surface area contributed by atoms with Gasteiger partial charge in [0.25, 0.3) is 5.91 Å². The van der Waals surface area contributed by atoms with Gasteiger partial charge in [-0.25, -0.2) is 0 Å². The first-order chi connectivity index (χ1) is 8.66. The highest BCUT2D eigenvalue weighted by Crippen LogP contribution is 2.23. The highest BCUT2D eigenvalue weighted by Gasteiger charge is 2.16. The van der Waals surface area contributed by atoms with Gasteiger partial charge in [0.15, 0.2) is 0 Å². The Labute approximate surface area is 113 Å². The molecule has 4 heteroatoms. The van der Waals surface area contributed by atoms with E-state index in [9.17, 15) is 4.79 Å². The van der Waals surface area contributed by atoms with Gasteiger partial charge in [0.2, 0.25) is 0 Å². The predicted molar refractivity (Wildman–Crippen MR) is 76.6 cm³/mol. The van der Waals surface area contributed by atoms with Crippen molar-refractivity contribution >= 4 is 23.1 Å². The lowest BCUT2D eigenvalue weighted by Crippen LogP contribution is -2.28. The molecule has 0 heterocycles. The zero-order valence-electron chi connectivity index (χ0n) is 10.3. The van der Waals surface area contributed by atoms with Crippen LogP contribution in [-0.4, -0.2) is 17.4 Å². The van der Waals surface area contributed by atoms with Crippen LogP contribution in [0.4, 0.5) is 0 Å². The van der Waals surface area contributed by atoms with Gasteiger partial charge in [0, 0.05) is 17.7 Å². The summed E-state index contributed by atoms with van der Waals surface area (Å²) in [4.78, 5) is 12.3. The Kier molecular flexibility index (Phi) is 4.31. The van der Waals surface area contributed by atoms with Crippen LogP contribution in [0.5, 0.6) is 0 Å². The summed E-state index contributed by atoms with van der Waals surface area (Å²) in [7, 11) is 0. The molecule has 1 aliphatic rings. The summed E-state index contributed by atoms with van der Waals surface area (Å²) in [5, 5.41) is 2.98. The molecule has 1 amide bonds. The first kappa shape index (κ1) is 13.0. The predicted octanol–water partition coefficient (Wildman–Crippen LogP) is 2.24. The normalized spacial score (nSPS) is 15.6. The van der Waals surface area contributed by atoms with E-state index in [-0.39, 0.29) is 5.91 Å². The lowest BCUT2D eigenvalue weighted by molar-refractivity contribution is 0.0947. The molecule has 1 saturated carbocycles. The van der Waals surface area contributed by atoms with Crippen molar-refractivity contribution in [3.63, 3.8) is 0 Å². The Balaban J connectivity index is 1.95. The van der Waals surface area contributed by atoms with Crippen molar-refractivity contribution in [3.05, 3.63) is 35.4 Å². The number of carbonyl (C=O) groups is 1. The van der Waals surface area contributed by atoms with E-state index >= 15 is 0 Å².